The Bertz CT molecular complexity index is 393. The molecule has 1 N–H and O–H groups in total. The van der Waals surface area contributed by atoms with Crippen LogP contribution in [-0.2, 0) is 4.79 Å². The Morgan fingerprint density at radius 1 is 1.44 bits per heavy atom. The van der Waals surface area contributed by atoms with Gasteiger partial charge in [-0.15, -0.1) is 0 Å². The van der Waals surface area contributed by atoms with E-state index in [2.05, 4.69) is 21.2 Å². The summed E-state index contributed by atoms with van der Waals surface area (Å²) in [6.07, 6.45) is 0. The van der Waals surface area contributed by atoms with Gasteiger partial charge in [0.25, 0.3) is 0 Å². The number of benzene rings is 1. The zero-order valence-electron chi connectivity index (χ0n) is 11.1. The van der Waals surface area contributed by atoms with Crippen molar-refractivity contribution in [2.45, 2.75) is 25.6 Å². The Morgan fingerprint density at radius 2 is 2.17 bits per heavy atom. The van der Waals surface area contributed by atoms with E-state index in [0.717, 1.165) is 11.3 Å². The molecule has 0 heterocycles. The van der Waals surface area contributed by atoms with Crippen LogP contribution in [0.5, 0.6) is 5.75 Å². The minimum absolute atomic E-state index is 0.0119. The maximum Gasteiger partial charge on any atom is 0.234 e. The van der Waals surface area contributed by atoms with E-state index < -0.39 is 0 Å². The second-order valence-corrected chi connectivity index (χ2v) is 5.59. The molecule has 0 aliphatic rings. The van der Waals surface area contributed by atoms with Gasteiger partial charge in [-0.05, 0) is 30.5 Å². The van der Waals surface area contributed by atoms with Crippen LogP contribution in [0.25, 0.3) is 0 Å². The van der Waals surface area contributed by atoms with E-state index in [0.29, 0.717) is 13.2 Å². The maximum absolute atomic E-state index is 11.6. The molecule has 0 aliphatic carbocycles. The third kappa shape index (κ3) is 5.08. The number of halogens is 1. The van der Waals surface area contributed by atoms with E-state index in [1.807, 2.05) is 45.0 Å². The smallest absolute Gasteiger partial charge is 0.234 e. The monoisotopic (exact) mass is 313 g/mol. The van der Waals surface area contributed by atoms with E-state index >= 15 is 0 Å². The second-order valence-electron chi connectivity index (χ2n) is 4.60. The molecule has 3 nitrogen and oxygen atoms in total. The molecular weight excluding hydrogens is 294 g/mol. The van der Waals surface area contributed by atoms with Crippen molar-refractivity contribution in [2.24, 2.45) is 5.92 Å². The van der Waals surface area contributed by atoms with Crippen LogP contribution in [0.15, 0.2) is 24.3 Å². The number of carbonyl (C=O) groups is 1. The van der Waals surface area contributed by atoms with E-state index in [1.165, 1.54) is 0 Å². The predicted molar refractivity (Wildman–Crippen MR) is 77.2 cm³/mol. The summed E-state index contributed by atoms with van der Waals surface area (Å²) in [5.74, 6) is 1.13. The number of hydrogen-bond donors (Lipinski definition) is 1. The lowest BCUT2D eigenvalue weighted by molar-refractivity contribution is -0.121. The summed E-state index contributed by atoms with van der Waals surface area (Å²) >= 11 is 3.36. The highest BCUT2D eigenvalue weighted by Crippen LogP contribution is 2.12. The molecule has 0 aliphatic heterocycles. The topological polar surface area (TPSA) is 38.3 Å². The molecule has 1 atom stereocenters. The largest absolute Gasteiger partial charge is 0.492 e. The molecule has 1 aromatic rings. The SMILES string of the molecule is Cc1cccc(OCCNC(=O)C(Br)C(C)C)c1. The van der Waals surface area contributed by atoms with Crippen molar-refractivity contribution in [3.8, 4) is 5.75 Å². The fourth-order valence-corrected chi connectivity index (χ4v) is 1.61. The standard InChI is InChI=1S/C14H20BrNO2/c1-10(2)13(15)14(17)16-7-8-18-12-6-4-5-11(3)9-12/h4-6,9-10,13H,7-8H2,1-3H3,(H,16,17). The first kappa shape index (κ1) is 15.0. The Morgan fingerprint density at radius 3 is 2.78 bits per heavy atom. The van der Waals surface area contributed by atoms with Crippen LogP contribution >= 0.6 is 15.9 Å². The summed E-state index contributed by atoms with van der Waals surface area (Å²) in [4.78, 5) is 11.5. The van der Waals surface area contributed by atoms with Crippen LogP contribution in [0, 0.1) is 12.8 Å². The summed E-state index contributed by atoms with van der Waals surface area (Å²) in [5, 5.41) is 2.84. The van der Waals surface area contributed by atoms with Crippen molar-refractivity contribution in [1.82, 2.24) is 5.32 Å². The lowest BCUT2D eigenvalue weighted by Gasteiger charge is -2.14. The van der Waals surface area contributed by atoms with Gasteiger partial charge in [0.2, 0.25) is 5.91 Å². The number of aryl methyl sites for hydroxylation is 1. The van der Waals surface area contributed by atoms with Gasteiger partial charge in [-0.1, -0.05) is 41.9 Å². The lowest BCUT2D eigenvalue weighted by Crippen LogP contribution is -2.36. The molecule has 1 amide bonds. The summed E-state index contributed by atoms with van der Waals surface area (Å²) < 4.78 is 5.55. The van der Waals surface area contributed by atoms with Crippen molar-refractivity contribution in [2.75, 3.05) is 13.2 Å². The quantitative estimate of drug-likeness (QED) is 0.648. The molecule has 1 rings (SSSR count). The summed E-state index contributed by atoms with van der Waals surface area (Å²) in [6, 6.07) is 7.86. The minimum Gasteiger partial charge on any atom is -0.492 e. The van der Waals surface area contributed by atoms with Crippen molar-refractivity contribution in [3.63, 3.8) is 0 Å². The summed E-state index contributed by atoms with van der Waals surface area (Å²) in [5.41, 5.74) is 1.16. The molecule has 0 bridgehead atoms. The molecule has 1 aromatic carbocycles. The maximum atomic E-state index is 11.6. The molecule has 0 saturated carbocycles. The van der Waals surface area contributed by atoms with Crippen LogP contribution < -0.4 is 10.1 Å². The number of amides is 1. The highest BCUT2D eigenvalue weighted by molar-refractivity contribution is 9.10. The van der Waals surface area contributed by atoms with Crippen LogP contribution in [-0.4, -0.2) is 23.9 Å². The zero-order chi connectivity index (χ0) is 13.5. The fraction of sp³-hybridized carbons (Fsp3) is 0.500. The molecule has 4 heteroatoms. The number of ether oxygens (including phenoxy) is 1. The second kappa shape index (κ2) is 7.41. The van der Waals surface area contributed by atoms with Crippen LogP contribution in [0.1, 0.15) is 19.4 Å². The van der Waals surface area contributed by atoms with Crippen LogP contribution in [0.3, 0.4) is 0 Å². The predicted octanol–water partition coefficient (Wildman–Crippen LogP) is 2.91. The Balaban J connectivity index is 2.25. The molecular formula is C14H20BrNO2. The first-order valence-corrected chi connectivity index (χ1v) is 7.03. The van der Waals surface area contributed by atoms with Crippen molar-refractivity contribution in [3.05, 3.63) is 29.8 Å². The third-order valence-electron chi connectivity index (χ3n) is 2.50. The molecule has 18 heavy (non-hydrogen) atoms. The van der Waals surface area contributed by atoms with Gasteiger partial charge < -0.3 is 10.1 Å². The van der Waals surface area contributed by atoms with Crippen LogP contribution in [0.2, 0.25) is 0 Å². The fourth-order valence-electron chi connectivity index (χ4n) is 1.45. The third-order valence-corrected chi connectivity index (χ3v) is 3.97. The van der Waals surface area contributed by atoms with Gasteiger partial charge in [0.05, 0.1) is 11.4 Å². The van der Waals surface area contributed by atoms with Gasteiger partial charge >= 0.3 is 0 Å². The number of carbonyl (C=O) groups excluding carboxylic acids is 1. The first-order chi connectivity index (χ1) is 8.50. The van der Waals surface area contributed by atoms with Gasteiger partial charge in [0.15, 0.2) is 0 Å². The molecule has 0 fully saturated rings. The Labute approximate surface area is 117 Å². The van der Waals surface area contributed by atoms with E-state index in [9.17, 15) is 4.79 Å². The van der Waals surface area contributed by atoms with Gasteiger partial charge in [-0.3, -0.25) is 4.79 Å². The Kier molecular flexibility index (Phi) is 6.19. The molecule has 0 radical (unpaired) electrons. The molecule has 100 valence electrons. The number of alkyl halides is 1. The summed E-state index contributed by atoms with van der Waals surface area (Å²) in [7, 11) is 0. The van der Waals surface area contributed by atoms with E-state index in [4.69, 9.17) is 4.74 Å². The van der Waals surface area contributed by atoms with E-state index in [1.54, 1.807) is 0 Å². The van der Waals surface area contributed by atoms with Gasteiger partial charge in [-0.2, -0.15) is 0 Å². The number of rotatable bonds is 6. The van der Waals surface area contributed by atoms with Gasteiger partial charge in [0, 0.05) is 0 Å². The molecule has 0 spiro atoms. The minimum atomic E-state index is -0.142. The van der Waals surface area contributed by atoms with E-state index in [-0.39, 0.29) is 16.7 Å². The normalized spacial score (nSPS) is 12.3. The molecule has 0 aromatic heterocycles. The average Bonchev–Trinajstić information content (AvgIpc) is 2.33. The van der Waals surface area contributed by atoms with Crippen LogP contribution in [0.4, 0.5) is 0 Å². The zero-order valence-corrected chi connectivity index (χ0v) is 12.7. The highest BCUT2D eigenvalue weighted by Gasteiger charge is 2.17. The first-order valence-electron chi connectivity index (χ1n) is 6.12. The number of nitrogens with one attached hydrogen (secondary N) is 1. The number of hydrogen-bond acceptors (Lipinski definition) is 2. The summed E-state index contributed by atoms with van der Waals surface area (Å²) in [6.45, 7) is 7.02. The Hall–Kier alpha value is -1.03. The van der Waals surface area contributed by atoms with Crippen molar-refractivity contribution < 1.29 is 9.53 Å². The highest BCUT2D eigenvalue weighted by atomic mass is 79.9. The molecule has 1 unspecified atom stereocenters. The lowest BCUT2D eigenvalue weighted by atomic mass is 10.1. The average molecular weight is 314 g/mol. The van der Waals surface area contributed by atoms with Gasteiger partial charge in [-0.25, -0.2) is 0 Å². The van der Waals surface area contributed by atoms with Gasteiger partial charge in [0.1, 0.15) is 12.4 Å². The molecule has 0 saturated heterocycles. The van der Waals surface area contributed by atoms with Crippen molar-refractivity contribution in [1.29, 1.82) is 0 Å². The van der Waals surface area contributed by atoms with Crippen molar-refractivity contribution >= 4 is 21.8 Å².